The Balaban J connectivity index is 2.04. The molecule has 0 aromatic heterocycles. The Morgan fingerprint density at radius 1 is 0.697 bits per heavy atom. The predicted octanol–water partition coefficient (Wildman–Crippen LogP) is 5.99. The zero-order chi connectivity index (χ0) is 23.5. The molecule has 0 saturated heterocycles. The summed E-state index contributed by atoms with van der Waals surface area (Å²) in [6, 6.07) is 32.7. The monoisotopic (exact) mass is 462 g/mol. The molecular formula is C28H22F3OP. The van der Waals surface area contributed by atoms with Gasteiger partial charge < -0.3 is 0 Å². The lowest BCUT2D eigenvalue weighted by Gasteiger charge is -2.28. The first-order valence-electron chi connectivity index (χ1n) is 10.5. The van der Waals surface area contributed by atoms with E-state index in [1.807, 2.05) is 91.0 Å². The van der Waals surface area contributed by atoms with Gasteiger partial charge in [0.2, 0.25) is 0 Å². The van der Waals surface area contributed by atoms with Crippen LogP contribution in [0.2, 0.25) is 0 Å². The number of rotatable bonds is 5. The summed E-state index contributed by atoms with van der Waals surface area (Å²) in [5.41, 5.74) is -0.388. The van der Waals surface area contributed by atoms with Crippen LogP contribution in [-0.4, -0.2) is 11.6 Å². The highest BCUT2D eigenvalue weighted by Crippen LogP contribution is 2.44. The van der Waals surface area contributed by atoms with Crippen molar-refractivity contribution >= 4 is 34.4 Å². The van der Waals surface area contributed by atoms with Crippen molar-refractivity contribution in [3.63, 3.8) is 0 Å². The number of halogens is 3. The Morgan fingerprint density at radius 2 is 1.12 bits per heavy atom. The van der Waals surface area contributed by atoms with Crippen molar-refractivity contribution in [2.45, 2.75) is 13.1 Å². The molecule has 0 amide bonds. The van der Waals surface area contributed by atoms with Gasteiger partial charge in [-0.25, -0.2) is 0 Å². The minimum absolute atomic E-state index is 0.0366. The summed E-state index contributed by atoms with van der Waals surface area (Å²) in [5, 5.41) is 2.87. The van der Waals surface area contributed by atoms with Gasteiger partial charge in [0.05, 0.1) is 5.56 Å². The first-order valence-corrected chi connectivity index (χ1v) is 12.3. The number of ketones is 1. The summed E-state index contributed by atoms with van der Waals surface area (Å²) < 4.78 is 40.3. The SMILES string of the molecule is Cc1cc(C(=O)C=P(c2ccccc2)(c2ccccc2)c2ccccc2)cc(C(F)(F)F)c1. The predicted molar refractivity (Wildman–Crippen MR) is 132 cm³/mol. The number of benzene rings is 4. The van der Waals surface area contributed by atoms with E-state index in [2.05, 4.69) is 0 Å². The van der Waals surface area contributed by atoms with Crippen LogP contribution in [0.4, 0.5) is 13.2 Å². The second-order valence-electron chi connectivity index (χ2n) is 7.81. The van der Waals surface area contributed by atoms with E-state index >= 15 is 0 Å². The van der Waals surface area contributed by atoms with Crippen LogP contribution in [0.25, 0.3) is 0 Å². The minimum Gasteiger partial charge on any atom is -0.289 e. The van der Waals surface area contributed by atoms with E-state index in [1.54, 1.807) is 12.7 Å². The van der Waals surface area contributed by atoms with E-state index in [9.17, 15) is 18.0 Å². The van der Waals surface area contributed by atoms with Crippen molar-refractivity contribution in [3.8, 4) is 0 Å². The van der Waals surface area contributed by atoms with Gasteiger partial charge in [-0.3, -0.25) is 4.79 Å². The molecule has 0 bridgehead atoms. The average Bonchev–Trinajstić information content (AvgIpc) is 2.83. The molecule has 4 rings (SSSR count). The van der Waals surface area contributed by atoms with E-state index in [0.717, 1.165) is 28.0 Å². The Bertz CT molecular complexity index is 1210. The van der Waals surface area contributed by atoms with E-state index in [-0.39, 0.29) is 5.56 Å². The van der Waals surface area contributed by atoms with Crippen molar-refractivity contribution in [1.29, 1.82) is 0 Å². The van der Waals surface area contributed by atoms with Gasteiger partial charge in [-0.15, -0.1) is 0 Å². The highest BCUT2D eigenvalue weighted by Gasteiger charge is 2.32. The molecule has 0 aliphatic heterocycles. The molecule has 5 heteroatoms. The van der Waals surface area contributed by atoms with Crippen LogP contribution in [0, 0.1) is 6.92 Å². The molecule has 4 aromatic rings. The average molecular weight is 462 g/mol. The van der Waals surface area contributed by atoms with Gasteiger partial charge in [-0.05, 0) is 59.3 Å². The molecule has 0 saturated carbocycles. The second kappa shape index (κ2) is 9.25. The van der Waals surface area contributed by atoms with Crippen molar-refractivity contribution in [2.24, 2.45) is 0 Å². The summed E-state index contributed by atoms with van der Waals surface area (Å²) in [5.74, 6) is 1.23. The zero-order valence-corrected chi connectivity index (χ0v) is 18.9. The molecule has 0 radical (unpaired) electrons. The molecule has 4 aromatic carbocycles. The number of carbonyl (C=O) groups is 1. The first-order chi connectivity index (χ1) is 15.8. The Labute approximate surface area is 191 Å². The molecule has 0 fully saturated rings. The summed E-state index contributed by atoms with van der Waals surface area (Å²) in [4.78, 5) is 13.6. The van der Waals surface area contributed by atoms with Crippen molar-refractivity contribution in [2.75, 3.05) is 0 Å². The normalized spacial score (nSPS) is 11.8. The summed E-state index contributed by atoms with van der Waals surface area (Å²) >= 11 is 0. The molecule has 0 unspecified atom stereocenters. The van der Waals surface area contributed by atoms with E-state index in [4.69, 9.17) is 0 Å². The number of aryl methyl sites for hydroxylation is 1. The number of Topliss-reactive ketones (excluding diaryl/α,β-unsaturated/α-hetero) is 1. The van der Waals surface area contributed by atoms with Crippen LogP contribution in [-0.2, 0) is 6.18 Å². The van der Waals surface area contributed by atoms with E-state index < -0.39 is 24.4 Å². The molecule has 33 heavy (non-hydrogen) atoms. The second-order valence-corrected chi connectivity index (χ2v) is 11.1. The Kier molecular flexibility index (Phi) is 6.40. The molecule has 0 atom stereocenters. The molecule has 0 aliphatic rings. The van der Waals surface area contributed by atoms with Gasteiger partial charge in [0, 0.05) is 5.56 Å². The minimum atomic E-state index is -4.52. The lowest BCUT2D eigenvalue weighted by molar-refractivity contribution is -0.137. The van der Waals surface area contributed by atoms with Gasteiger partial charge >= 0.3 is 6.18 Å². The molecular weight excluding hydrogens is 440 g/mol. The van der Waals surface area contributed by atoms with Crippen molar-refractivity contribution in [1.82, 2.24) is 0 Å². The zero-order valence-electron chi connectivity index (χ0n) is 18.0. The number of hydrogen-bond donors (Lipinski definition) is 0. The van der Waals surface area contributed by atoms with Crippen LogP contribution < -0.4 is 15.9 Å². The van der Waals surface area contributed by atoms with E-state index in [1.165, 1.54) is 6.07 Å². The number of carbonyl (C=O) groups excluding carboxylic acids is 1. The smallest absolute Gasteiger partial charge is 0.289 e. The summed E-state index contributed by atoms with van der Waals surface area (Å²) in [7, 11) is 0. The third-order valence-corrected chi connectivity index (χ3v) is 9.45. The fourth-order valence-electron chi connectivity index (χ4n) is 4.00. The summed E-state index contributed by atoms with van der Waals surface area (Å²) in [6.45, 7) is -1.03. The standard InChI is InChI=1S/C28H22F3OP/c1-21-17-22(19-23(18-21)28(29,30)31)27(32)20-33(24-11-5-2-6-12-24,25-13-7-3-8-14-25)26-15-9-4-10-16-26/h2-20H,1H3. The molecule has 0 N–H and O–H groups in total. The van der Waals surface area contributed by atoms with Gasteiger partial charge in [0.15, 0.2) is 5.78 Å². The molecule has 0 spiro atoms. The van der Waals surface area contributed by atoms with Gasteiger partial charge in [0.25, 0.3) is 0 Å². The topological polar surface area (TPSA) is 17.1 Å². The van der Waals surface area contributed by atoms with Crippen LogP contribution in [0.5, 0.6) is 0 Å². The maximum Gasteiger partial charge on any atom is 0.416 e. The van der Waals surface area contributed by atoms with Crippen molar-refractivity contribution < 1.29 is 18.0 Å². The lowest BCUT2D eigenvalue weighted by Crippen LogP contribution is -2.28. The van der Waals surface area contributed by atoms with Crippen LogP contribution >= 0.6 is 6.89 Å². The Morgan fingerprint density at radius 3 is 1.52 bits per heavy atom. The molecule has 0 heterocycles. The third kappa shape index (κ3) is 4.72. The summed E-state index contributed by atoms with van der Waals surface area (Å²) in [6.07, 6.45) is -4.52. The van der Waals surface area contributed by atoms with Crippen LogP contribution in [0.3, 0.4) is 0 Å². The highest BCUT2D eigenvalue weighted by molar-refractivity contribution is 7.95. The maximum absolute atomic E-state index is 13.6. The van der Waals surface area contributed by atoms with Crippen LogP contribution in [0.1, 0.15) is 21.5 Å². The van der Waals surface area contributed by atoms with Gasteiger partial charge in [-0.2, -0.15) is 13.2 Å². The van der Waals surface area contributed by atoms with Crippen LogP contribution in [0.15, 0.2) is 109 Å². The third-order valence-electron chi connectivity index (χ3n) is 5.49. The first kappa shape index (κ1) is 22.8. The highest BCUT2D eigenvalue weighted by atomic mass is 31.2. The van der Waals surface area contributed by atoms with E-state index in [0.29, 0.717) is 5.56 Å². The van der Waals surface area contributed by atoms with Gasteiger partial charge in [0.1, 0.15) is 0 Å². The Hall–Kier alpha value is -3.36. The quantitative estimate of drug-likeness (QED) is 0.263. The maximum atomic E-state index is 13.6. The largest absolute Gasteiger partial charge is 0.416 e. The fraction of sp³-hybridized carbons (Fsp3) is 0.0714. The fourth-order valence-corrected chi connectivity index (χ4v) is 7.77. The van der Waals surface area contributed by atoms with Gasteiger partial charge in [-0.1, -0.05) is 91.0 Å². The number of hydrogen-bond acceptors (Lipinski definition) is 1. The molecule has 1 nitrogen and oxygen atoms in total. The lowest BCUT2D eigenvalue weighted by atomic mass is 10.0. The molecule has 0 aliphatic carbocycles. The molecule has 166 valence electrons. The van der Waals surface area contributed by atoms with Crippen molar-refractivity contribution in [3.05, 3.63) is 126 Å². The number of alkyl halides is 3.